The standard InChI is InChI=1S/C10H9N5O/c1-14-4-7(3-12-14)8-2-9-13-10(16)5-15(9)6-11-8/h2-6,16H,1H3. The maximum absolute atomic E-state index is 9.25. The summed E-state index contributed by atoms with van der Waals surface area (Å²) in [5, 5.41) is 13.3. The predicted molar refractivity (Wildman–Crippen MR) is 56.9 cm³/mol. The van der Waals surface area contributed by atoms with E-state index in [9.17, 15) is 5.11 Å². The second kappa shape index (κ2) is 3.06. The molecule has 0 aliphatic heterocycles. The molecule has 0 aliphatic rings. The molecular formula is C10H9N5O. The number of aromatic hydroxyl groups is 1. The highest BCUT2D eigenvalue weighted by Crippen LogP contribution is 2.18. The molecule has 3 aromatic heterocycles. The van der Waals surface area contributed by atoms with Gasteiger partial charge in [0.05, 0.1) is 18.1 Å². The Morgan fingerprint density at radius 3 is 2.94 bits per heavy atom. The average molecular weight is 215 g/mol. The summed E-state index contributed by atoms with van der Waals surface area (Å²) in [5.41, 5.74) is 2.37. The van der Waals surface area contributed by atoms with Crippen molar-refractivity contribution in [1.82, 2.24) is 24.1 Å². The minimum Gasteiger partial charge on any atom is -0.492 e. The summed E-state index contributed by atoms with van der Waals surface area (Å²) in [6.45, 7) is 0. The lowest BCUT2D eigenvalue weighted by Gasteiger charge is -1.96. The monoisotopic (exact) mass is 215 g/mol. The fraction of sp³-hybridized carbons (Fsp3) is 0.100. The van der Waals surface area contributed by atoms with E-state index in [4.69, 9.17) is 0 Å². The predicted octanol–water partition coefficient (Wildman–Crippen LogP) is 0.835. The third-order valence-electron chi connectivity index (χ3n) is 2.34. The van der Waals surface area contributed by atoms with Crippen molar-refractivity contribution in [1.29, 1.82) is 0 Å². The van der Waals surface area contributed by atoms with Crippen molar-refractivity contribution in [3.05, 3.63) is 31.0 Å². The van der Waals surface area contributed by atoms with Crippen LogP contribution in [-0.4, -0.2) is 29.3 Å². The molecule has 0 saturated heterocycles. The molecule has 1 N–H and O–H groups in total. The van der Waals surface area contributed by atoms with Crippen LogP contribution in [0, 0.1) is 0 Å². The number of hydrogen-bond donors (Lipinski definition) is 1. The lowest BCUT2D eigenvalue weighted by Crippen LogP contribution is -1.88. The smallest absolute Gasteiger partial charge is 0.230 e. The molecule has 0 amide bonds. The molecule has 0 spiro atoms. The lowest BCUT2D eigenvalue weighted by molar-refractivity contribution is 0.457. The topological polar surface area (TPSA) is 68.2 Å². The Kier molecular flexibility index (Phi) is 1.70. The van der Waals surface area contributed by atoms with Crippen LogP contribution in [0.15, 0.2) is 31.0 Å². The Bertz CT molecular complexity index is 654. The Labute approximate surface area is 90.8 Å². The molecule has 0 fully saturated rings. The Hall–Kier alpha value is -2.37. The highest BCUT2D eigenvalue weighted by Gasteiger charge is 2.05. The number of aryl methyl sites for hydroxylation is 1. The average Bonchev–Trinajstić information content (AvgIpc) is 2.81. The SMILES string of the molecule is Cn1cc(-c2cc3nc(O)cn3cn2)cn1. The third-order valence-corrected chi connectivity index (χ3v) is 2.34. The van der Waals surface area contributed by atoms with Crippen molar-refractivity contribution >= 4 is 5.65 Å². The molecule has 3 heterocycles. The van der Waals surface area contributed by atoms with Crippen LogP contribution in [0.2, 0.25) is 0 Å². The first-order chi connectivity index (χ1) is 7.72. The van der Waals surface area contributed by atoms with Gasteiger partial charge in [0.2, 0.25) is 5.88 Å². The van der Waals surface area contributed by atoms with Crippen LogP contribution in [0.3, 0.4) is 0 Å². The third kappa shape index (κ3) is 1.31. The van der Waals surface area contributed by atoms with E-state index >= 15 is 0 Å². The van der Waals surface area contributed by atoms with Crippen molar-refractivity contribution < 1.29 is 5.11 Å². The zero-order valence-corrected chi connectivity index (χ0v) is 8.57. The Morgan fingerprint density at radius 2 is 2.19 bits per heavy atom. The molecule has 0 aliphatic carbocycles. The van der Waals surface area contributed by atoms with Gasteiger partial charge < -0.3 is 5.11 Å². The number of rotatable bonds is 1. The molecule has 0 unspecified atom stereocenters. The fourth-order valence-electron chi connectivity index (χ4n) is 1.59. The van der Waals surface area contributed by atoms with Gasteiger partial charge in [0.25, 0.3) is 0 Å². The summed E-state index contributed by atoms with van der Waals surface area (Å²) in [6.07, 6.45) is 6.74. The highest BCUT2D eigenvalue weighted by molar-refractivity contribution is 5.62. The summed E-state index contributed by atoms with van der Waals surface area (Å²) >= 11 is 0. The number of nitrogens with zero attached hydrogens (tertiary/aromatic N) is 5. The number of fused-ring (bicyclic) bond motifs is 1. The van der Waals surface area contributed by atoms with E-state index in [-0.39, 0.29) is 5.88 Å². The van der Waals surface area contributed by atoms with E-state index in [1.54, 1.807) is 27.7 Å². The van der Waals surface area contributed by atoms with Gasteiger partial charge in [-0.1, -0.05) is 0 Å². The molecular weight excluding hydrogens is 206 g/mol. The van der Waals surface area contributed by atoms with E-state index in [2.05, 4.69) is 15.1 Å². The van der Waals surface area contributed by atoms with Crippen LogP contribution >= 0.6 is 0 Å². The van der Waals surface area contributed by atoms with Crippen molar-refractivity contribution in [3.63, 3.8) is 0 Å². The van der Waals surface area contributed by atoms with Crippen LogP contribution in [-0.2, 0) is 7.05 Å². The minimum atomic E-state index is -0.00913. The van der Waals surface area contributed by atoms with Crippen LogP contribution in [0.25, 0.3) is 16.9 Å². The molecule has 6 heteroatoms. The number of imidazole rings is 1. The van der Waals surface area contributed by atoms with E-state index < -0.39 is 0 Å². The molecule has 0 bridgehead atoms. The van der Waals surface area contributed by atoms with E-state index in [1.165, 1.54) is 6.20 Å². The maximum Gasteiger partial charge on any atom is 0.230 e. The van der Waals surface area contributed by atoms with Gasteiger partial charge in [-0.2, -0.15) is 10.1 Å². The van der Waals surface area contributed by atoms with Crippen molar-refractivity contribution in [3.8, 4) is 17.1 Å². The molecule has 16 heavy (non-hydrogen) atoms. The van der Waals surface area contributed by atoms with Crippen LogP contribution in [0.5, 0.6) is 5.88 Å². The van der Waals surface area contributed by atoms with Gasteiger partial charge in [0.1, 0.15) is 12.0 Å². The quantitative estimate of drug-likeness (QED) is 0.653. The molecule has 0 aromatic carbocycles. The van der Waals surface area contributed by atoms with Gasteiger partial charge in [-0.25, -0.2) is 4.98 Å². The number of hydrogen-bond acceptors (Lipinski definition) is 4. The molecule has 6 nitrogen and oxygen atoms in total. The Balaban J connectivity index is 2.17. The van der Waals surface area contributed by atoms with Crippen molar-refractivity contribution in [2.45, 2.75) is 0 Å². The first-order valence-electron chi connectivity index (χ1n) is 4.75. The summed E-state index contributed by atoms with van der Waals surface area (Å²) < 4.78 is 3.37. The lowest BCUT2D eigenvalue weighted by atomic mass is 10.2. The van der Waals surface area contributed by atoms with E-state index in [1.807, 2.05) is 13.2 Å². The Morgan fingerprint density at radius 1 is 1.31 bits per heavy atom. The molecule has 3 rings (SSSR count). The molecule has 0 radical (unpaired) electrons. The first kappa shape index (κ1) is 8.90. The van der Waals surface area contributed by atoms with Gasteiger partial charge in [0, 0.05) is 24.9 Å². The van der Waals surface area contributed by atoms with Crippen LogP contribution in [0.4, 0.5) is 0 Å². The first-order valence-corrected chi connectivity index (χ1v) is 4.75. The number of aromatic nitrogens is 5. The highest BCUT2D eigenvalue weighted by atomic mass is 16.3. The van der Waals surface area contributed by atoms with Gasteiger partial charge in [-0.3, -0.25) is 9.08 Å². The van der Waals surface area contributed by atoms with Gasteiger partial charge in [-0.15, -0.1) is 0 Å². The molecule has 3 aromatic rings. The molecule has 0 atom stereocenters. The van der Waals surface area contributed by atoms with Gasteiger partial charge in [-0.05, 0) is 0 Å². The van der Waals surface area contributed by atoms with Crippen LogP contribution < -0.4 is 0 Å². The van der Waals surface area contributed by atoms with Gasteiger partial charge in [0.15, 0.2) is 0 Å². The largest absolute Gasteiger partial charge is 0.492 e. The van der Waals surface area contributed by atoms with E-state index in [0.29, 0.717) is 5.65 Å². The summed E-state index contributed by atoms with van der Waals surface area (Å²) in [7, 11) is 1.85. The van der Waals surface area contributed by atoms with E-state index in [0.717, 1.165) is 11.3 Å². The minimum absolute atomic E-state index is 0.00913. The molecule has 0 saturated carbocycles. The summed E-state index contributed by atoms with van der Waals surface area (Å²) in [4.78, 5) is 8.22. The fourth-order valence-corrected chi connectivity index (χ4v) is 1.59. The second-order valence-corrected chi connectivity index (χ2v) is 3.54. The van der Waals surface area contributed by atoms with Crippen LogP contribution in [0.1, 0.15) is 0 Å². The zero-order chi connectivity index (χ0) is 11.1. The summed E-state index contributed by atoms with van der Waals surface area (Å²) in [6, 6.07) is 1.80. The normalized spacial score (nSPS) is 11.1. The zero-order valence-electron chi connectivity index (χ0n) is 8.57. The second-order valence-electron chi connectivity index (χ2n) is 3.54. The van der Waals surface area contributed by atoms with Crippen molar-refractivity contribution in [2.75, 3.05) is 0 Å². The summed E-state index contributed by atoms with van der Waals surface area (Å²) in [5.74, 6) is -0.00913. The van der Waals surface area contributed by atoms with Gasteiger partial charge >= 0.3 is 0 Å². The maximum atomic E-state index is 9.25. The van der Waals surface area contributed by atoms with Crippen molar-refractivity contribution in [2.24, 2.45) is 7.05 Å². The molecule has 80 valence electrons.